The number of para-hydroxylation sites is 1. The molecule has 0 bridgehead atoms. The maximum Gasteiger partial charge on any atom is 0.335 e. The third kappa shape index (κ3) is 5.22. The smallest absolute Gasteiger partial charge is 0.335 e. The second-order valence-corrected chi connectivity index (χ2v) is 7.09. The van der Waals surface area contributed by atoms with Gasteiger partial charge in [-0.15, -0.1) is 0 Å². The van der Waals surface area contributed by atoms with Crippen LogP contribution in [0.2, 0.25) is 0 Å². The third-order valence-corrected chi connectivity index (χ3v) is 4.88. The van der Waals surface area contributed by atoms with Crippen LogP contribution < -0.4 is 5.32 Å². The van der Waals surface area contributed by atoms with E-state index in [0.29, 0.717) is 5.56 Å². The zero-order valence-corrected chi connectivity index (χ0v) is 16.3. The molecule has 0 spiro atoms. The molecule has 31 heavy (non-hydrogen) atoms. The Balaban J connectivity index is 1.83. The number of carbonyl (C=O) groups excluding carboxylic acids is 1. The second kappa shape index (κ2) is 9.05. The van der Waals surface area contributed by atoms with E-state index in [9.17, 15) is 24.5 Å². The van der Waals surface area contributed by atoms with Crippen molar-refractivity contribution in [2.24, 2.45) is 4.99 Å². The maximum atomic E-state index is 12.1. The van der Waals surface area contributed by atoms with E-state index in [0.717, 1.165) is 17.8 Å². The molecule has 0 unspecified atom stereocenters. The SMILES string of the molecule is O=C1NC(=Nc2cc(C(=O)O)cc(C(=O)O)c2)S/C1=C\C=C\c1ccccc1[N+](=O)[O-]. The standard InChI is InChI=1S/C20H13N3O7S/c24-17-16(7-3-5-11-4-1-2-6-15(11)23(29)30)31-20(22-17)21-14-9-12(18(25)26)8-13(10-14)19(27)28/h1-10H,(H,25,26)(H,27,28)(H,21,22,24)/b5-3+,16-7-. The Morgan fingerprint density at radius 1 is 1.10 bits per heavy atom. The van der Waals surface area contributed by atoms with Crippen LogP contribution in [-0.4, -0.2) is 38.1 Å². The van der Waals surface area contributed by atoms with Gasteiger partial charge in [-0.1, -0.05) is 18.2 Å². The van der Waals surface area contributed by atoms with Crippen LogP contribution in [0.3, 0.4) is 0 Å². The minimum absolute atomic E-state index is 0.0526. The highest BCUT2D eigenvalue weighted by Crippen LogP contribution is 2.28. The van der Waals surface area contributed by atoms with Crippen molar-refractivity contribution in [3.8, 4) is 0 Å². The molecule has 156 valence electrons. The first-order valence-electron chi connectivity index (χ1n) is 8.56. The Morgan fingerprint density at radius 3 is 2.35 bits per heavy atom. The van der Waals surface area contributed by atoms with Gasteiger partial charge in [0.05, 0.1) is 32.2 Å². The highest BCUT2D eigenvalue weighted by Gasteiger charge is 2.23. The lowest BCUT2D eigenvalue weighted by atomic mass is 10.1. The number of benzene rings is 2. The number of carbonyl (C=O) groups is 3. The molecule has 11 heteroatoms. The Morgan fingerprint density at radius 2 is 1.74 bits per heavy atom. The van der Waals surface area contributed by atoms with Crippen molar-refractivity contribution in [2.75, 3.05) is 0 Å². The highest BCUT2D eigenvalue weighted by atomic mass is 32.2. The van der Waals surface area contributed by atoms with Gasteiger partial charge in [0.25, 0.3) is 11.6 Å². The van der Waals surface area contributed by atoms with E-state index in [2.05, 4.69) is 10.3 Å². The molecule has 0 aliphatic carbocycles. The van der Waals surface area contributed by atoms with E-state index in [1.807, 2.05) is 0 Å². The number of carboxylic acid groups (broad SMARTS) is 2. The maximum absolute atomic E-state index is 12.1. The first-order chi connectivity index (χ1) is 14.7. The highest BCUT2D eigenvalue weighted by molar-refractivity contribution is 8.18. The van der Waals surface area contributed by atoms with Gasteiger partial charge in [0.15, 0.2) is 5.17 Å². The van der Waals surface area contributed by atoms with Crippen LogP contribution in [0.15, 0.2) is 64.5 Å². The number of nitro groups is 1. The van der Waals surface area contributed by atoms with E-state index in [4.69, 9.17) is 10.2 Å². The van der Waals surface area contributed by atoms with Crippen LogP contribution in [-0.2, 0) is 4.79 Å². The lowest BCUT2D eigenvalue weighted by Gasteiger charge is -2.02. The summed E-state index contributed by atoms with van der Waals surface area (Å²) in [5, 5.41) is 31.9. The van der Waals surface area contributed by atoms with Crippen LogP contribution in [0, 0.1) is 10.1 Å². The number of hydrogen-bond acceptors (Lipinski definition) is 7. The van der Waals surface area contributed by atoms with Gasteiger partial charge < -0.3 is 15.5 Å². The minimum Gasteiger partial charge on any atom is -0.478 e. The molecule has 1 heterocycles. The summed E-state index contributed by atoms with van der Waals surface area (Å²) in [6.45, 7) is 0. The fourth-order valence-corrected chi connectivity index (χ4v) is 3.36. The number of aromatic carboxylic acids is 2. The largest absolute Gasteiger partial charge is 0.478 e. The van der Waals surface area contributed by atoms with Crippen LogP contribution in [0.25, 0.3) is 6.08 Å². The number of thioether (sulfide) groups is 1. The third-order valence-electron chi connectivity index (χ3n) is 3.95. The minimum atomic E-state index is -1.31. The summed E-state index contributed by atoms with van der Waals surface area (Å²) in [5.41, 5.74) is -0.158. The number of nitro benzene ring substituents is 1. The topological polar surface area (TPSA) is 159 Å². The average Bonchev–Trinajstić information content (AvgIpc) is 3.06. The molecule has 3 N–H and O–H groups in total. The lowest BCUT2D eigenvalue weighted by molar-refractivity contribution is -0.385. The number of aliphatic imine (C=N–C) groups is 1. The molecule has 2 aromatic rings. The second-order valence-electron chi connectivity index (χ2n) is 6.06. The van der Waals surface area contributed by atoms with Crippen LogP contribution in [0.5, 0.6) is 0 Å². The molecule has 2 aromatic carbocycles. The van der Waals surface area contributed by atoms with Gasteiger partial charge in [-0.2, -0.15) is 0 Å². The molecule has 3 rings (SSSR count). The van der Waals surface area contributed by atoms with Crippen molar-refractivity contribution in [1.82, 2.24) is 5.32 Å². The zero-order valence-electron chi connectivity index (χ0n) is 15.5. The van der Waals surface area contributed by atoms with E-state index < -0.39 is 22.8 Å². The number of carboxylic acids is 2. The molecule has 10 nitrogen and oxygen atoms in total. The van der Waals surface area contributed by atoms with Crippen LogP contribution in [0.1, 0.15) is 26.3 Å². The summed E-state index contributed by atoms with van der Waals surface area (Å²) in [6, 6.07) is 9.51. The molecule has 1 fully saturated rings. The van der Waals surface area contributed by atoms with E-state index in [1.165, 1.54) is 36.4 Å². The Bertz CT molecular complexity index is 1170. The summed E-state index contributed by atoms with van der Waals surface area (Å²) >= 11 is 0.958. The zero-order chi connectivity index (χ0) is 22.5. The number of amidine groups is 1. The van der Waals surface area contributed by atoms with Crippen molar-refractivity contribution >= 4 is 52.2 Å². The average molecular weight is 439 g/mol. The first-order valence-corrected chi connectivity index (χ1v) is 9.37. The number of nitrogens with zero attached hydrogens (tertiary/aromatic N) is 2. The summed E-state index contributed by atoms with van der Waals surface area (Å²) in [7, 11) is 0. The predicted molar refractivity (Wildman–Crippen MR) is 113 cm³/mol. The van der Waals surface area contributed by atoms with Gasteiger partial charge in [-0.25, -0.2) is 14.6 Å². The fraction of sp³-hybridized carbons (Fsp3) is 0. The number of amides is 1. The van der Waals surface area contributed by atoms with Crippen molar-refractivity contribution < 1.29 is 29.5 Å². The molecule has 0 saturated carbocycles. The van der Waals surface area contributed by atoms with Crippen molar-refractivity contribution in [2.45, 2.75) is 0 Å². The van der Waals surface area contributed by atoms with E-state index in [1.54, 1.807) is 18.2 Å². The van der Waals surface area contributed by atoms with Gasteiger partial charge in [0, 0.05) is 6.07 Å². The Hall–Kier alpha value is -4.25. The van der Waals surface area contributed by atoms with Gasteiger partial charge in [0.2, 0.25) is 0 Å². The molecule has 1 amide bonds. The quantitative estimate of drug-likeness (QED) is 0.351. The normalized spacial score (nSPS) is 16.1. The van der Waals surface area contributed by atoms with Crippen LogP contribution in [0.4, 0.5) is 11.4 Å². The lowest BCUT2D eigenvalue weighted by Crippen LogP contribution is -2.19. The summed E-state index contributed by atoms with van der Waals surface area (Å²) in [5.74, 6) is -3.09. The van der Waals surface area contributed by atoms with Gasteiger partial charge in [-0.3, -0.25) is 14.9 Å². The van der Waals surface area contributed by atoms with Gasteiger partial charge >= 0.3 is 11.9 Å². The summed E-state index contributed by atoms with van der Waals surface area (Å²) in [4.78, 5) is 49.4. The molecular weight excluding hydrogens is 426 g/mol. The number of nitrogens with one attached hydrogen (secondary N) is 1. The van der Waals surface area contributed by atoms with Crippen LogP contribution >= 0.6 is 11.8 Å². The fourth-order valence-electron chi connectivity index (χ4n) is 2.57. The number of allylic oxidation sites excluding steroid dienone is 2. The van der Waals surface area contributed by atoms with Crippen molar-refractivity contribution in [3.05, 3.63) is 86.3 Å². The molecule has 1 aliphatic rings. The summed E-state index contributed by atoms with van der Waals surface area (Å²) in [6.07, 6.45) is 4.43. The predicted octanol–water partition coefficient (Wildman–Crippen LogP) is 3.44. The van der Waals surface area contributed by atoms with Crippen molar-refractivity contribution in [1.29, 1.82) is 0 Å². The molecule has 1 aliphatic heterocycles. The molecule has 0 atom stereocenters. The molecule has 1 saturated heterocycles. The number of hydrogen-bond donors (Lipinski definition) is 3. The Kier molecular flexibility index (Phi) is 6.26. The Labute approximate surface area is 178 Å². The molecule has 0 radical (unpaired) electrons. The first kappa shape index (κ1) is 21.5. The summed E-state index contributed by atoms with van der Waals surface area (Å²) < 4.78 is 0. The van der Waals surface area contributed by atoms with Crippen molar-refractivity contribution in [3.63, 3.8) is 0 Å². The molecule has 0 aromatic heterocycles. The van der Waals surface area contributed by atoms with Gasteiger partial charge in [-0.05, 0) is 48.2 Å². The molecular formula is C20H13N3O7S. The van der Waals surface area contributed by atoms with E-state index >= 15 is 0 Å². The van der Waals surface area contributed by atoms with E-state index in [-0.39, 0.29) is 32.6 Å². The monoisotopic (exact) mass is 439 g/mol. The van der Waals surface area contributed by atoms with Gasteiger partial charge in [0.1, 0.15) is 0 Å². The number of rotatable bonds is 6.